The van der Waals surface area contributed by atoms with E-state index in [1.54, 1.807) is 6.20 Å². The van der Waals surface area contributed by atoms with Crippen LogP contribution in [0.3, 0.4) is 0 Å². The van der Waals surface area contributed by atoms with Crippen molar-refractivity contribution in [2.24, 2.45) is 0 Å². The molecule has 0 radical (unpaired) electrons. The Hall–Kier alpha value is -1.78. The number of nitrogens with one attached hydrogen (secondary N) is 1. The molecule has 2 rings (SSSR count). The number of carbonyl (C=O) groups excluding carboxylic acids is 1. The van der Waals surface area contributed by atoms with E-state index in [1.165, 1.54) is 0 Å². The molecule has 2 heterocycles. The van der Waals surface area contributed by atoms with Crippen LogP contribution in [0.15, 0.2) is 18.3 Å². The van der Waals surface area contributed by atoms with Gasteiger partial charge in [0.05, 0.1) is 17.4 Å². The van der Waals surface area contributed by atoms with Crippen LogP contribution in [0.5, 0.6) is 0 Å². The fourth-order valence-corrected chi connectivity index (χ4v) is 2.67. The number of likely N-dealkylation sites (tertiary alicyclic amines) is 1. The second-order valence-electron chi connectivity index (χ2n) is 6.84. The van der Waals surface area contributed by atoms with Crippen molar-refractivity contribution in [1.82, 2.24) is 9.88 Å². The molecule has 122 valence electrons. The normalized spacial score (nSPS) is 18.9. The lowest BCUT2D eigenvalue weighted by Gasteiger charge is -2.37. The van der Waals surface area contributed by atoms with E-state index in [4.69, 9.17) is 4.74 Å². The highest BCUT2D eigenvalue weighted by atomic mass is 16.6. The van der Waals surface area contributed by atoms with E-state index in [0.717, 1.165) is 43.7 Å². The number of hydrogen-bond donors (Lipinski definition) is 1. The first kappa shape index (κ1) is 16.6. The number of pyridine rings is 1. The van der Waals surface area contributed by atoms with E-state index in [2.05, 4.69) is 10.3 Å². The molecule has 0 aromatic carbocycles. The molecule has 1 aromatic heterocycles. The van der Waals surface area contributed by atoms with Crippen molar-refractivity contribution >= 4 is 11.8 Å². The van der Waals surface area contributed by atoms with Gasteiger partial charge in [0.15, 0.2) is 0 Å². The number of rotatable bonds is 3. The Morgan fingerprint density at radius 2 is 2.23 bits per heavy atom. The molecule has 1 fully saturated rings. The van der Waals surface area contributed by atoms with Crippen molar-refractivity contribution in [3.05, 3.63) is 24.0 Å². The first-order chi connectivity index (χ1) is 10.4. The lowest BCUT2D eigenvalue weighted by atomic mass is 10.0. The Morgan fingerprint density at radius 3 is 2.91 bits per heavy atom. The summed E-state index contributed by atoms with van der Waals surface area (Å²) < 4.78 is 5.53. The third-order valence-electron chi connectivity index (χ3n) is 3.79. The monoisotopic (exact) mass is 305 g/mol. The van der Waals surface area contributed by atoms with Crippen molar-refractivity contribution < 1.29 is 9.53 Å². The first-order valence-corrected chi connectivity index (χ1v) is 8.02. The van der Waals surface area contributed by atoms with Crippen LogP contribution in [-0.2, 0) is 4.74 Å². The fraction of sp³-hybridized carbons (Fsp3) is 0.647. The van der Waals surface area contributed by atoms with Crippen molar-refractivity contribution in [3.63, 3.8) is 0 Å². The Bertz CT molecular complexity index is 511. The van der Waals surface area contributed by atoms with Gasteiger partial charge in [-0.2, -0.15) is 0 Å². The van der Waals surface area contributed by atoms with Crippen LogP contribution in [0.1, 0.15) is 45.7 Å². The number of hydrogen-bond acceptors (Lipinski definition) is 4. The summed E-state index contributed by atoms with van der Waals surface area (Å²) >= 11 is 0. The molecule has 1 N–H and O–H groups in total. The van der Waals surface area contributed by atoms with E-state index < -0.39 is 5.60 Å². The highest BCUT2D eigenvalue weighted by Crippen LogP contribution is 2.21. The summed E-state index contributed by atoms with van der Waals surface area (Å²) in [7, 11) is 0. The van der Waals surface area contributed by atoms with Gasteiger partial charge in [0.2, 0.25) is 0 Å². The van der Waals surface area contributed by atoms with Crippen LogP contribution in [0.2, 0.25) is 0 Å². The molecule has 1 aliphatic rings. The summed E-state index contributed by atoms with van der Waals surface area (Å²) in [5.41, 5.74) is 1.55. The molecule has 0 saturated carbocycles. The summed E-state index contributed by atoms with van der Waals surface area (Å²) in [4.78, 5) is 18.5. The predicted octanol–water partition coefficient (Wildman–Crippen LogP) is 3.59. The van der Waals surface area contributed by atoms with Gasteiger partial charge in [-0.3, -0.25) is 4.98 Å². The van der Waals surface area contributed by atoms with Crippen LogP contribution >= 0.6 is 0 Å². The number of anilines is 1. The minimum Gasteiger partial charge on any atom is -0.444 e. The number of nitrogens with zero attached hydrogens (tertiary/aromatic N) is 2. The quantitative estimate of drug-likeness (QED) is 0.927. The van der Waals surface area contributed by atoms with Gasteiger partial charge < -0.3 is 15.0 Å². The number of carbonyl (C=O) groups is 1. The van der Waals surface area contributed by atoms with E-state index in [1.807, 2.05) is 44.7 Å². The lowest BCUT2D eigenvalue weighted by Crippen LogP contribution is -2.48. The summed E-state index contributed by atoms with van der Waals surface area (Å²) in [6, 6.07) is 4.10. The molecular formula is C17H27N3O2. The van der Waals surface area contributed by atoms with Gasteiger partial charge in [0.1, 0.15) is 5.60 Å². The zero-order valence-corrected chi connectivity index (χ0v) is 14.1. The zero-order valence-electron chi connectivity index (χ0n) is 14.1. The van der Waals surface area contributed by atoms with Crippen LogP contribution < -0.4 is 5.32 Å². The maximum absolute atomic E-state index is 12.4. The summed E-state index contributed by atoms with van der Waals surface area (Å²) in [6.45, 7) is 9.19. The Labute approximate surface area is 133 Å². The molecule has 0 bridgehead atoms. The fourth-order valence-electron chi connectivity index (χ4n) is 2.67. The molecule has 0 aliphatic carbocycles. The average Bonchev–Trinajstić information content (AvgIpc) is 2.45. The largest absolute Gasteiger partial charge is 0.444 e. The second-order valence-corrected chi connectivity index (χ2v) is 6.84. The molecule has 1 atom stereocenters. The number of ether oxygens (including phenoxy) is 1. The summed E-state index contributed by atoms with van der Waals surface area (Å²) in [5.74, 6) is 0. The standard InChI is InChI=1S/C17H27N3O2/c1-13-15(9-7-10-18-13)19-12-14-8-5-6-11-20(14)16(21)22-17(2,3)4/h7,9-10,14,19H,5-6,8,11-12H2,1-4H3. The van der Waals surface area contributed by atoms with E-state index in [9.17, 15) is 4.79 Å². The van der Waals surface area contributed by atoms with Crippen LogP contribution in [0, 0.1) is 6.92 Å². The molecule has 1 aliphatic heterocycles. The van der Waals surface area contributed by atoms with Gasteiger partial charge in [-0.25, -0.2) is 4.79 Å². The molecule has 0 spiro atoms. The Morgan fingerprint density at radius 1 is 1.45 bits per heavy atom. The van der Waals surface area contributed by atoms with Gasteiger partial charge in [-0.15, -0.1) is 0 Å². The van der Waals surface area contributed by atoms with Crippen molar-refractivity contribution in [2.75, 3.05) is 18.4 Å². The van der Waals surface area contributed by atoms with Crippen LogP contribution in [0.25, 0.3) is 0 Å². The average molecular weight is 305 g/mol. The molecule has 1 aromatic rings. The van der Waals surface area contributed by atoms with Gasteiger partial charge >= 0.3 is 6.09 Å². The number of aryl methyl sites for hydroxylation is 1. The summed E-state index contributed by atoms with van der Waals surface area (Å²) in [6.07, 6.45) is 4.78. The highest BCUT2D eigenvalue weighted by Gasteiger charge is 2.30. The van der Waals surface area contributed by atoms with Gasteiger partial charge in [0, 0.05) is 19.3 Å². The molecule has 5 heteroatoms. The van der Waals surface area contributed by atoms with Gasteiger partial charge in [0.25, 0.3) is 0 Å². The van der Waals surface area contributed by atoms with Crippen molar-refractivity contribution in [1.29, 1.82) is 0 Å². The predicted molar refractivity (Wildman–Crippen MR) is 88.0 cm³/mol. The third-order valence-corrected chi connectivity index (χ3v) is 3.79. The third kappa shape index (κ3) is 4.61. The highest BCUT2D eigenvalue weighted by molar-refractivity contribution is 5.68. The second kappa shape index (κ2) is 6.99. The molecule has 1 amide bonds. The molecule has 1 saturated heterocycles. The van der Waals surface area contributed by atoms with E-state index >= 15 is 0 Å². The number of amides is 1. The molecule has 5 nitrogen and oxygen atoms in total. The number of aromatic nitrogens is 1. The summed E-state index contributed by atoms with van der Waals surface area (Å²) in [5, 5.41) is 3.42. The zero-order chi connectivity index (χ0) is 16.2. The number of piperidine rings is 1. The minimum atomic E-state index is -0.452. The van der Waals surface area contributed by atoms with Gasteiger partial charge in [-0.05, 0) is 59.1 Å². The van der Waals surface area contributed by atoms with Crippen LogP contribution in [-0.4, -0.2) is 40.7 Å². The minimum absolute atomic E-state index is 0.170. The molecule has 1 unspecified atom stereocenters. The Kier molecular flexibility index (Phi) is 5.27. The Balaban J connectivity index is 1.98. The maximum atomic E-state index is 12.4. The van der Waals surface area contributed by atoms with Crippen molar-refractivity contribution in [2.45, 2.75) is 58.6 Å². The SMILES string of the molecule is Cc1ncccc1NCC1CCCCN1C(=O)OC(C)(C)C. The van der Waals surface area contributed by atoms with E-state index in [-0.39, 0.29) is 12.1 Å². The molecule has 22 heavy (non-hydrogen) atoms. The van der Waals surface area contributed by atoms with Crippen molar-refractivity contribution in [3.8, 4) is 0 Å². The lowest BCUT2D eigenvalue weighted by molar-refractivity contribution is 0.0114. The molecular weight excluding hydrogens is 278 g/mol. The first-order valence-electron chi connectivity index (χ1n) is 8.02. The topological polar surface area (TPSA) is 54.5 Å². The van der Waals surface area contributed by atoms with Gasteiger partial charge in [-0.1, -0.05) is 0 Å². The van der Waals surface area contributed by atoms with E-state index in [0.29, 0.717) is 0 Å². The smallest absolute Gasteiger partial charge is 0.410 e. The van der Waals surface area contributed by atoms with Crippen LogP contribution in [0.4, 0.5) is 10.5 Å². The maximum Gasteiger partial charge on any atom is 0.410 e.